The number of halogens is 1. The van der Waals surface area contributed by atoms with Gasteiger partial charge in [-0.25, -0.2) is 4.39 Å². The van der Waals surface area contributed by atoms with Gasteiger partial charge in [0.25, 0.3) is 5.88 Å². The highest BCUT2D eigenvalue weighted by Crippen LogP contribution is 2.28. The molecule has 0 fully saturated rings. The van der Waals surface area contributed by atoms with E-state index in [0.29, 0.717) is 12.8 Å². The van der Waals surface area contributed by atoms with Crippen molar-refractivity contribution in [3.8, 4) is 23.8 Å². The van der Waals surface area contributed by atoms with E-state index in [1.54, 1.807) is 0 Å². The Balaban J connectivity index is 2.47. The summed E-state index contributed by atoms with van der Waals surface area (Å²) in [5.74, 6) is -0.821. The van der Waals surface area contributed by atoms with Crippen molar-refractivity contribution in [1.82, 2.24) is 10.2 Å². The number of nitrogens with zero attached hydrogens (tertiary/aromatic N) is 4. The number of aromatic nitrogens is 2. The summed E-state index contributed by atoms with van der Waals surface area (Å²) < 4.78 is 19.3. The van der Waals surface area contributed by atoms with E-state index in [1.807, 2.05) is 26.0 Å². The largest absolute Gasteiger partial charge is 0.433 e. The van der Waals surface area contributed by atoms with Crippen molar-refractivity contribution >= 4 is 0 Å². The van der Waals surface area contributed by atoms with Crippen molar-refractivity contribution in [1.29, 1.82) is 10.5 Å². The first-order valence-corrected chi connectivity index (χ1v) is 6.80. The molecule has 1 aromatic carbocycles. The average Bonchev–Trinajstić information content (AvgIpc) is 2.55. The molecule has 0 N–H and O–H groups in total. The highest BCUT2D eigenvalue weighted by molar-refractivity contribution is 5.48. The quantitative estimate of drug-likeness (QED) is 0.864. The first-order chi connectivity index (χ1) is 10.6. The summed E-state index contributed by atoms with van der Waals surface area (Å²) >= 11 is 0. The molecule has 0 amide bonds. The molecule has 2 rings (SSSR count). The van der Waals surface area contributed by atoms with Crippen LogP contribution in [0.3, 0.4) is 0 Å². The Morgan fingerprint density at radius 1 is 1.14 bits per heavy atom. The summed E-state index contributed by atoms with van der Waals surface area (Å²) in [6.45, 7) is 3.83. The molecule has 2 aromatic rings. The molecule has 0 unspecified atom stereocenters. The summed E-state index contributed by atoms with van der Waals surface area (Å²) in [7, 11) is 0. The normalized spacial score (nSPS) is 9.86. The van der Waals surface area contributed by atoms with E-state index in [9.17, 15) is 9.65 Å². The van der Waals surface area contributed by atoms with Crippen LogP contribution in [0.1, 0.15) is 36.2 Å². The molecule has 1 aromatic heterocycles. The van der Waals surface area contributed by atoms with Crippen LogP contribution >= 0.6 is 0 Å². The van der Waals surface area contributed by atoms with Crippen molar-refractivity contribution in [3.05, 3.63) is 46.4 Å². The fraction of sp³-hybridized carbons (Fsp3) is 0.250. The van der Waals surface area contributed by atoms with E-state index < -0.39 is 5.82 Å². The Labute approximate surface area is 127 Å². The van der Waals surface area contributed by atoms with Gasteiger partial charge in [0.2, 0.25) is 0 Å². The molecule has 22 heavy (non-hydrogen) atoms. The summed E-state index contributed by atoms with van der Waals surface area (Å²) in [4.78, 5) is 0. The van der Waals surface area contributed by atoms with Gasteiger partial charge in [-0.3, -0.25) is 0 Å². The molecule has 0 aliphatic heterocycles. The molecule has 110 valence electrons. The maximum atomic E-state index is 13.9. The molecule has 5 nitrogen and oxygen atoms in total. The minimum Gasteiger partial charge on any atom is -0.433 e. The fourth-order valence-electron chi connectivity index (χ4n) is 2.10. The third-order valence-corrected chi connectivity index (χ3v) is 3.19. The van der Waals surface area contributed by atoms with Crippen LogP contribution in [0.25, 0.3) is 0 Å². The summed E-state index contributed by atoms with van der Waals surface area (Å²) in [5, 5.41) is 26.0. The molecule has 1 heterocycles. The molecule has 0 aliphatic carbocycles. The molecule has 0 saturated heterocycles. The van der Waals surface area contributed by atoms with Gasteiger partial charge in [0.15, 0.2) is 11.6 Å². The predicted molar refractivity (Wildman–Crippen MR) is 76.7 cm³/mol. The van der Waals surface area contributed by atoms with Gasteiger partial charge in [0, 0.05) is 0 Å². The number of hydrogen-bond donors (Lipinski definition) is 0. The minimum absolute atomic E-state index is 0.0276. The van der Waals surface area contributed by atoms with Gasteiger partial charge in [-0.1, -0.05) is 13.8 Å². The zero-order valence-electron chi connectivity index (χ0n) is 12.2. The van der Waals surface area contributed by atoms with Crippen LogP contribution in [0.15, 0.2) is 18.2 Å². The predicted octanol–water partition coefficient (Wildman–Crippen LogP) is 3.28. The Morgan fingerprint density at radius 3 is 2.45 bits per heavy atom. The van der Waals surface area contributed by atoms with E-state index in [1.165, 1.54) is 12.1 Å². The minimum atomic E-state index is -0.692. The van der Waals surface area contributed by atoms with Crippen molar-refractivity contribution in [3.63, 3.8) is 0 Å². The molecule has 0 radical (unpaired) electrons. The van der Waals surface area contributed by atoms with Gasteiger partial charge in [0.1, 0.15) is 11.6 Å². The Bertz CT molecular complexity index is 790. The highest BCUT2D eigenvalue weighted by atomic mass is 19.1. The number of nitriles is 2. The SMILES string of the molecule is CCc1nnc(Oc2ccc(C#N)cc2F)c(C#N)c1CC. The number of ether oxygens (including phenoxy) is 1. The second kappa shape index (κ2) is 6.64. The third kappa shape index (κ3) is 2.87. The van der Waals surface area contributed by atoms with Crippen LogP contribution in [0, 0.1) is 28.5 Å². The maximum Gasteiger partial charge on any atom is 0.257 e. The molecular weight excluding hydrogens is 283 g/mol. The lowest BCUT2D eigenvalue weighted by Crippen LogP contribution is -2.05. The first-order valence-electron chi connectivity index (χ1n) is 6.80. The number of hydrogen-bond acceptors (Lipinski definition) is 5. The van der Waals surface area contributed by atoms with Gasteiger partial charge < -0.3 is 4.74 Å². The molecule has 0 atom stereocenters. The third-order valence-electron chi connectivity index (χ3n) is 3.19. The first kappa shape index (κ1) is 15.4. The lowest BCUT2D eigenvalue weighted by atomic mass is 10.0. The molecule has 0 spiro atoms. The Kier molecular flexibility index (Phi) is 4.65. The second-order valence-electron chi connectivity index (χ2n) is 4.48. The van der Waals surface area contributed by atoms with Crippen molar-refractivity contribution in [2.24, 2.45) is 0 Å². The average molecular weight is 296 g/mol. The van der Waals surface area contributed by atoms with Gasteiger partial charge in [-0.05, 0) is 36.6 Å². The monoisotopic (exact) mass is 296 g/mol. The molecule has 0 aliphatic rings. The van der Waals surface area contributed by atoms with E-state index in [4.69, 9.17) is 10.00 Å². The number of aryl methyl sites for hydroxylation is 1. The lowest BCUT2D eigenvalue weighted by molar-refractivity contribution is 0.418. The van der Waals surface area contributed by atoms with Crippen LogP contribution in [0.2, 0.25) is 0 Å². The van der Waals surface area contributed by atoms with E-state index in [2.05, 4.69) is 10.2 Å². The van der Waals surface area contributed by atoms with Gasteiger partial charge in [0.05, 0.1) is 17.3 Å². The highest BCUT2D eigenvalue weighted by Gasteiger charge is 2.17. The Hall–Kier alpha value is -2.99. The molecule has 6 heteroatoms. The van der Waals surface area contributed by atoms with Crippen LogP contribution < -0.4 is 4.74 Å². The van der Waals surface area contributed by atoms with Gasteiger partial charge in [-0.15, -0.1) is 5.10 Å². The van der Waals surface area contributed by atoms with Crippen LogP contribution in [0.5, 0.6) is 11.6 Å². The van der Waals surface area contributed by atoms with Gasteiger partial charge >= 0.3 is 0 Å². The topological polar surface area (TPSA) is 82.6 Å². The van der Waals surface area contributed by atoms with Crippen molar-refractivity contribution < 1.29 is 9.13 Å². The van der Waals surface area contributed by atoms with Crippen molar-refractivity contribution in [2.75, 3.05) is 0 Å². The maximum absolute atomic E-state index is 13.9. The van der Waals surface area contributed by atoms with Gasteiger partial charge in [-0.2, -0.15) is 15.6 Å². The molecule has 0 saturated carbocycles. The van der Waals surface area contributed by atoms with E-state index in [0.717, 1.165) is 17.3 Å². The zero-order valence-corrected chi connectivity index (χ0v) is 12.2. The van der Waals surface area contributed by atoms with E-state index in [-0.39, 0.29) is 22.8 Å². The fourth-order valence-corrected chi connectivity index (χ4v) is 2.10. The summed E-state index contributed by atoms with van der Waals surface area (Å²) in [6.07, 6.45) is 1.25. The standard InChI is InChI=1S/C16H13FN4O/c1-3-11-12(9-19)16(21-20-14(11)4-2)22-15-6-5-10(8-18)7-13(15)17/h5-7H,3-4H2,1-2H3. The Morgan fingerprint density at radius 2 is 1.91 bits per heavy atom. The van der Waals surface area contributed by atoms with E-state index >= 15 is 0 Å². The van der Waals surface area contributed by atoms with Crippen LogP contribution in [0.4, 0.5) is 4.39 Å². The zero-order chi connectivity index (χ0) is 16.1. The second-order valence-corrected chi connectivity index (χ2v) is 4.48. The van der Waals surface area contributed by atoms with Crippen molar-refractivity contribution in [2.45, 2.75) is 26.7 Å². The van der Waals surface area contributed by atoms with Crippen LogP contribution in [-0.4, -0.2) is 10.2 Å². The molecule has 0 bridgehead atoms. The summed E-state index contributed by atoms with van der Waals surface area (Å²) in [5.41, 5.74) is 1.93. The number of benzene rings is 1. The lowest BCUT2D eigenvalue weighted by Gasteiger charge is -2.11. The van der Waals surface area contributed by atoms with Crippen LogP contribution in [-0.2, 0) is 12.8 Å². The number of rotatable bonds is 4. The summed E-state index contributed by atoms with van der Waals surface area (Å²) in [6, 6.07) is 7.71. The molecular formula is C16H13FN4O. The smallest absolute Gasteiger partial charge is 0.257 e.